The van der Waals surface area contributed by atoms with Gasteiger partial charge in [0.25, 0.3) is 0 Å². The molecule has 0 saturated carbocycles. The average Bonchev–Trinajstić information content (AvgIpc) is 2.18. The van der Waals surface area contributed by atoms with Crippen LogP contribution in [0.1, 0.15) is 5.56 Å². The summed E-state index contributed by atoms with van der Waals surface area (Å²) in [6, 6.07) is 3.38. The summed E-state index contributed by atoms with van der Waals surface area (Å²) in [4.78, 5) is 14.6. The first-order chi connectivity index (χ1) is 6.26. The van der Waals surface area contributed by atoms with Crippen LogP contribution in [0.2, 0.25) is 0 Å². The number of ether oxygens (including phenoxy) is 1. The van der Waals surface area contributed by atoms with Crippen LogP contribution in [-0.4, -0.2) is 11.0 Å². The molecule has 0 N–H and O–H groups in total. The molecule has 0 radical (unpaired) electrons. The number of esters is 1. The standard InChI is InChI=1S/C10H9NO2/c1-3-8-5-6-11-9(7-8)13-10(12)4-2/h3-7H,1-2H2. The van der Waals surface area contributed by atoms with E-state index in [0.29, 0.717) is 0 Å². The van der Waals surface area contributed by atoms with E-state index >= 15 is 0 Å². The minimum absolute atomic E-state index is 0.252. The van der Waals surface area contributed by atoms with Crippen LogP contribution in [0.3, 0.4) is 0 Å². The van der Waals surface area contributed by atoms with Gasteiger partial charge in [-0.1, -0.05) is 19.2 Å². The van der Waals surface area contributed by atoms with Gasteiger partial charge in [0, 0.05) is 18.3 Å². The summed E-state index contributed by atoms with van der Waals surface area (Å²) in [6.07, 6.45) is 4.28. The quantitative estimate of drug-likeness (QED) is 0.519. The summed E-state index contributed by atoms with van der Waals surface area (Å²) in [7, 11) is 0. The Labute approximate surface area is 76.4 Å². The third kappa shape index (κ3) is 2.56. The number of rotatable bonds is 3. The zero-order valence-electron chi connectivity index (χ0n) is 7.06. The van der Waals surface area contributed by atoms with Gasteiger partial charge in [-0.15, -0.1) is 0 Å². The lowest BCUT2D eigenvalue weighted by molar-refractivity contribution is -0.129. The number of pyridine rings is 1. The number of carbonyl (C=O) groups is 1. The van der Waals surface area contributed by atoms with E-state index in [4.69, 9.17) is 4.74 Å². The fourth-order valence-corrected chi connectivity index (χ4v) is 0.752. The minimum atomic E-state index is -0.520. The molecule has 0 spiro atoms. The number of nitrogens with zero attached hydrogens (tertiary/aromatic N) is 1. The fourth-order valence-electron chi connectivity index (χ4n) is 0.752. The molecule has 1 aromatic heterocycles. The van der Waals surface area contributed by atoms with Crippen molar-refractivity contribution in [2.45, 2.75) is 0 Å². The maximum Gasteiger partial charge on any atom is 0.336 e. The van der Waals surface area contributed by atoms with Crippen molar-refractivity contribution in [3.63, 3.8) is 0 Å². The Morgan fingerprint density at radius 2 is 2.31 bits per heavy atom. The van der Waals surface area contributed by atoms with Crippen molar-refractivity contribution < 1.29 is 9.53 Å². The molecule has 0 fully saturated rings. The molecule has 0 unspecified atom stereocenters. The van der Waals surface area contributed by atoms with Gasteiger partial charge in [-0.2, -0.15) is 0 Å². The van der Waals surface area contributed by atoms with Crippen LogP contribution in [0.5, 0.6) is 5.88 Å². The monoisotopic (exact) mass is 175 g/mol. The molecule has 0 bridgehead atoms. The van der Waals surface area contributed by atoms with E-state index in [-0.39, 0.29) is 5.88 Å². The van der Waals surface area contributed by atoms with Crippen LogP contribution in [0.15, 0.2) is 37.6 Å². The maximum absolute atomic E-state index is 10.8. The van der Waals surface area contributed by atoms with Crippen LogP contribution >= 0.6 is 0 Å². The smallest absolute Gasteiger partial charge is 0.336 e. The highest BCUT2D eigenvalue weighted by Crippen LogP contribution is 2.10. The summed E-state index contributed by atoms with van der Waals surface area (Å²) >= 11 is 0. The van der Waals surface area contributed by atoms with E-state index in [1.165, 1.54) is 0 Å². The highest BCUT2D eigenvalue weighted by atomic mass is 16.5. The zero-order chi connectivity index (χ0) is 9.68. The van der Waals surface area contributed by atoms with Crippen LogP contribution < -0.4 is 4.74 Å². The van der Waals surface area contributed by atoms with E-state index in [9.17, 15) is 4.79 Å². The SMILES string of the molecule is C=CC(=O)Oc1cc(C=C)ccn1. The molecular formula is C10H9NO2. The second-order valence-corrected chi connectivity index (χ2v) is 2.26. The fraction of sp³-hybridized carbons (Fsp3) is 0. The van der Waals surface area contributed by atoms with Gasteiger partial charge in [-0.3, -0.25) is 0 Å². The van der Waals surface area contributed by atoms with Gasteiger partial charge < -0.3 is 4.74 Å². The van der Waals surface area contributed by atoms with Crippen molar-refractivity contribution in [3.8, 4) is 5.88 Å². The molecule has 0 atom stereocenters. The van der Waals surface area contributed by atoms with Gasteiger partial charge in [-0.05, 0) is 11.6 Å². The van der Waals surface area contributed by atoms with E-state index in [1.807, 2.05) is 0 Å². The van der Waals surface area contributed by atoms with Gasteiger partial charge in [0.2, 0.25) is 5.88 Å². The first-order valence-electron chi connectivity index (χ1n) is 3.69. The van der Waals surface area contributed by atoms with Gasteiger partial charge in [-0.25, -0.2) is 9.78 Å². The first-order valence-corrected chi connectivity index (χ1v) is 3.69. The Bertz CT molecular complexity index is 345. The molecule has 3 nitrogen and oxygen atoms in total. The average molecular weight is 175 g/mol. The first kappa shape index (κ1) is 9.19. The van der Waals surface area contributed by atoms with Crippen LogP contribution in [-0.2, 0) is 4.79 Å². The van der Waals surface area contributed by atoms with E-state index < -0.39 is 5.97 Å². The van der Waals surface area contributed by atoms with E-state index in [1.54, 1.807) is 24.4 Å². The van der Waals surface area contributed by atoms with Crippen molar-refractivity contribution in [2.24, 2.45) is 0 Å². The second kappa shape index (κ2) is 4.21. The van der Waals surface area contributed by atoms with Gasteiger partial charge in [0.15, 0.2) is 0 Å². The molecule has 0 aromatic carbocycles. The molecule has 13 heavy (non-hydrogen) atoms. The molecule has 0 aliphatic rings. The summed E-state index contributed by atoms with van der Waals surface area (Å²) in [5, 5.41) is 0. The van der Waals surface area contributed by atoms with Gasteiger partial charge >= 0.3 is 5.97 Å². The Morgan fingerprint density at radius 3 is 2.92 bits per heavy atom. The highest BCUT2D eigenvalue weighted by Gasteiger charge is 2.00. The topological polar surface area (TPSA) is 39.2 Å². The van der Waals surface area contributed by atoms with E-state index in [2.05, 4.69) is 18.1 Å². The number of hydrogen-bond donors (Lipinski definition) is 0. The summed E-state index contributed by atoms with van der Waals surface area (Å²) in [5.74, 6) is -0.268. The molecule has 1 rings (SSSR count). The van der Waals surface area contributed by atoms with E-state index in [0.717, 1.165) is 11.6 Å². The van der Waals surface area contributed by atoms with Crippen LogP contribution in [0, 0.1) is 0 Å². The lowest BCUT2D eigenvalue weighted by Crippen LogP contribution is -2.04. The van der Waals surface area contributed by atoms with Crippen molar-refractivity contribution in [2.75, 3.05) is 0 Å². The molecule has 3 heteroatoms. The summed E-state index contributed by atoms with van der Waals surface area (Å²) in [5.41, 5.74) is 0.849. The molecule has 0 aliphatic carbocycles. The number of carbonyl (C=O) groups excluding carboxylic acids is 1. The van der Waals surface area contributed by atoms with Gasteiger partial charge in [0.1, 0.15) is 0 Å². The molecule has 1 heterocycles. The molecule has 0 aliphatic heterocycles. The highest BCUT2D eigenvalue weighted by molar-refractivity contribution is 5.83. The minimum Gasteiger partial charge on any atom is -0.404 e. The number of hydrogen-bond acceptors (Lipinski definition) is 3. The lowest BCUT2D eigenvalue weighted by Gasteiger charge is -1.99. The summed E-state index contributed by atoms with van der Waals surface area (Å²) in [6.45, 7) is 6.86. The zero-order valence-corrected chi connectivity index (χ0v) is 7.06. The summed E-state index contributed by atoms with van der Waals surface area (Å²) < 4.78 is 4.79. The van der Waals surface area contributed by atoms with Crippen LogP contribution in [0.4, 0.5) is 0 Å². The predicted octanol–water partition coefficient (Wildman–Crippen LogP) is 1.82. The normalized spacial score (nSPS) is 8.92. The Morgan fingerprint density at radius 1 is 1.54 bits per heavy atom. The Balaban J connectivity index is 2.83. The predicted molar refractivity (Wildman–Crippen MR) is 50.2 cm³/mol. The third-order valence-corrected chi connectivity index (χ3v) is 1.37. The molecular weight excluding hydrogens is 166 g/mol. The molecule has 66 valence electrons. The van der Waals surface area contributed by atoms with Crippen molar-refractivity contribution in [3.05, 3.63) is 43.1 Å². The van der Waals surface area contributed by atoms with Crippen LogP contribution in [0.25, 0.3) is 6.08 Å². The molecule has 0 saturated heterocycles. The maximum atomic E-state index is 10.8. The largest absolute Gasteiger partial charge is 0.404 e. The lowest BCUT2D eigenvalue weighted by atomic mass is 10.3. The Hall–Kier alpha value is -1.90. The van der Waals surface area contributed by atoms with Crippen molar-refractivity contribution >= 4 is 12.0 Å². The third-order valence-electron chi connectivity index (χ3n) is 1.37. The molecule has 0 amide bonds. The van der Waals surface area contributed by atoms with Gasteiger partial charge in [0.05, 0.1) is 0 Å². The Kier molecular flexibility index (Phi) is 2.97. The second-order valence-electron chi connectivity index (χ2n) is 2.26. The van der Waals surface area contributed by atoms with Crippen molar-refractivity contribution in [1.82, 2.24) is 4.98 Å². The van der Waals surface area contributed by atoms with Crippen molar-refractivity contribution in [1.29, 1.82) is 0 Å². The number of aromatic nitrogens is 1. The molecule has 1 aromatic rings.